The summed E-state index contributed by atoms with van der Waals surface area (Å²) in [4.78, 5) is 25.6. The van der Waals surface area contributed by atoms with Crippen LogP contribution in [-0.4, -0.2) is 31.3 Å². The third kappa shape index (κ3) is 3.46. The largest absolute Gasteiger partial charge is 0.511 e. The van der Waals surface area contributed by atoms with Crippen LogP contribution in [0.1, 0.15) is 23.0 Å². The van der Waals surface area contributed by atoms with Crippen LogP contribution in [-0.2, 0) is 19.1 Å². The number of carbonyl (C=O) groups is 2. The zero-order valence-corrected chi connectivity index (χ0v) is 17.3. The molecule has 0 aliphatic heterocycles. The van der Waals surface area contributed by atoms with Gasteiger partial charge in [-0.1, -0.05) is 42.5 Å². The number of nitrogens with zero attached hydrogens (tertiary/aromatic N) is 2. The van der Waals surface area contributed by atoms with E-state index in [2.05, 4.69) is 0 Å². The molecule has 0 amide bonds. The standard InChI is InChI=1S/C24H19FN2O5/c1-31-22(29)17-19(14-6-4-3-5-7-14)24(12-26,13-27)20(15-8-10-16(25)11-9-15)18(21(17)28)23(30)32-2/h3-11,18-20,28H,1-2H3/t18-,19+,20+/m0/s1. The fraction of sp³-hybridized carbons (Fsp3) is 0.250. The predicted octanol–water partition coefficient (Wildman–Crippen LogP) is 3.51. The van der Waals surface area contributed by atoms with Crippen LogP contribution in [0.5, 0.6) is 0 Å². The van der Waals surface area contributed by atoms with Crippen LogP contribution in [0.3, 0.4) is 0 Å². The Morgan fingerprint density at radius 1 is 0.969 bits per heavy atom. The van der Waals surface area contributed by atoms with E-state index in [-0.39, 0.29) is 11.1 Å². The van der Waals surface area contributed by atoms with E-state index in [4.69, 9.17) is 9.47 Å². The van der Waals surface area contributed by atoms with E-state index in [0.717, 1.165) is 26.4 Å². The Bertz CT molecular complexity index is 1130. The summed E-state index contributed by atoms with van der Waals surface area (Å²) < 4.78 is 23.3. The van der Waals surface area contributed by atoms with Gasteiger partial charge in [0.15, 0.2) is 5.41 Å². The molecule has 2 aromatic rings. The molecular weight excluding hydrogens is 415 g/mol. The van der Waals surface area contributed by atoms with Gasteiger partial charge in [0.1, 0.15) is 17.5 Å². The number of ether oxygens (including phenoxy) is 2. The number of aliphatic hydroxyl groups is 1. The highest BCUT2D eigenvalue weighted by molar-refractivity contribution is 5.94. The summed E-state index contributed by atoms with van der Waals surface area (Å²) in [6.07, 6.45) is 0. The van der Waals surface area contributed by atoms with Gasteiger partial charge in [-0.25, -0.2) is 9.18 Å². The highest BCUT2D eigenvalue weighted by atomic mass is 19.1. The Balaban J connectivity index is 2.47. The van der Waals surface area contributed by atoms with Crippen LogP contribution in [0.25, 0.3) is 0 Å². The van der Waals surface area contributed by atoms with Gasteiger partial charge >= 0.3 is 11.9 Å². The van der Waals surface area contributed by atoms with Gasteiger partial charge in [0, 0.05) is 5.92 Å². The van der Waals surface area contributed by atoms with Crippen molar-refractivity contribution in [1.29, 1.82) is 10.5 Å². The first-order valence-corrected chi connectivity index (χ1v) is 9.58. The topological polar surface area (TPSA) is 120 Å². The van der Waals surface area contributed by atoms with Crippen LogP contribution < -0.4 is 0 Å². The number of hydrogen-bond donors (Lipinski definition) is 1. The van der Waals surface area contributed by atoms with Crippen LogP contribution in [0.4, 0.5) is 4.39 Å². The van der Waals surface area contributed by atoms with E-state index >= 15 is 0 Å². The maximum atomic E-state index is 13.6. The lowest BCUT2D eigenvalue weighted by Gasteiger charge is -2.44. The van der Waals surface area contributed by atoms with Gasteiger partial charge < -0.3 is 14.6 Å². The monoisotopic (exact) mass is 434 g/mol. The molecule has 0 radical (unpaired) electrons. The number of rotatable bonds is 4. The molecule has 0 heterocycles. The van der Waals surface area contributed by atoms with Crippen LogP contribution in [0.15, 0.2) is 65.9 Å². The Hall–Kier alpha value is -4.17. The molecule has 0 aromatic heterocycles. The first-order valence-electron chi connectivity index (χ1n) is 9.58. The van der Waals surface area contributed by atoms with Gasteiger partial charge in [0.25, 0.3) is 0 Å². The Labute approximate surface area is 183 Å². The van der Waals surface area contributed by atoms with Crippen molar-refractivity contribution in [1.82, 2.24) is 0 Å². The number of esters is 2. The Kier molecular flexibility index (Phi) is 6.27. The minimum absolute atomic E-state index is 0.251. The molecule has 1 aliphatic rings. The predicted molar refractivity (Wildman–Crippen MR) is 109 cm³/mol. The average molecular weight is 434 g/mol. The SMILES string of the molecule is COC(=O)C1=C(O)[C@@H](C(=O)OC)[C@@H](c2ccc(F)cc2)C(C#N)(C#N)[C@@H]1c1ccccc1. The molecule has 7 nitrogen and oxygen atoms in total. The number of methoxy groups -OCH3 is 2. The molecule has 8 heteroatoms. The molecule has 0 saturated carbocycles. The summed E-state index contributed by atoms with van der Waals surface area (Å²) in [5.41, 5.74) is -1.79. The van der Waals surface area contributed by atoms with Crippen molar-refractivity contribution >= 4 is 11.9 Å². The molecule has 3 rings (SSSR count). The van der Waals surface area contributed by atoms with Crippen LogP contribution in [0, 0.1) is 39.8 Å². The molecule has 1 N–H and O–H groups in total. The van der Waals surface area contributed by atoms with E-state index in [0.29, 0.717) is 5.56 Å². The third-order valence-corrected chi connectivity index (χ3v) is 5.73. The van der Waals surface area contributed by atoms with Gasteiger partial charge in [0.05, 0.1) is 37.8 Å². The van der Waals surface area contributed by atoms with E-state index in [1.807, 2.05) is 12.1 Å². The smallest absolute Gasteiger partial charge is 0.337 e. The number of nitriles is 2. The van der Waals surface area contributed by atoms with Crippen molar-refractivity contribution < 1.29 is 28.6 Å². The third-order valence-electron chi connectivity index (χ3n) is 5.73. The summed E-state index contributed by atoms with van der Waals surface area (Å²) in [5, 5.41) is 31.8. The molecule has 32 heavy (non-hydrogen) atoms. The molecular formula is C24H19FN2O5. The first-order chi connectivity index (χ1) is 15.4. The highest BCUT2D eigenvalue weighted by Crippen LogP contribution is 2.58. The average Bonchev–Trinajstić information content (AvgIpc) is 2.83. The Morgan fingerprint density at radius 2 is 1.56 bits per heavy atom. The molecule has 0 fully saturated rings. The molecule has 0 unspecified atom stereocenters. The molecule has 2 aromatic carbocycles. The van der Waals surface area contributed by atoms with E-state index in [1.165, 1.54) is 12.1 Å². The molecule has 0 spiro atoms. The van der Waals surface area contributed by atoms with Gasteiger partial charge in [0.2, 0.25) is 0 Å². The summed E-state index contributed by atoms with van der Waals surface area (Å²) >= 11 is 0. The van der Waals surface area contributed by atoms with Crippen molar-refractivity contribution in [3.63, 3.8) is 0 Å². The van der Waals surface area contributed by atoms with Crippen molar-refractivity contribution in [3.8, 4) is 12.1 Å². The van der Waals surface area contributed by atoms with Crippen LogP contribution in [0.2, 0.25) is 0 Å². The van der Waals surface area contributed by atoms with Crippen LogP contribution >= 0.6 is 0 Å². The van der Waals surface area contributed by atoms with E-state index in [1.54, 1.807) is 30.3 Å². The summed E-state index contributed by atoms with van der Waals surface area (Å²) in [6, 6.07) is 17.1. The fourth-order valence-corrected chi connectivity index (χ4v) is 4.34. The Morgan fingerprint density at radius 3 is 2.06 bits per heavy atom. The molecule has 162 valence electrons. The molecule has 1 aliphatic carbocycles. The normalized spacial score (nSPS) is 21.7. The number of carbonyl (C=O) groups excluding carboxylic acids is 2. The van der Waals surface area contributed by atoms with Crippen molar-refractivity contribution in [2.75, 3.05) is 14.2 Å². The quantitative estimate of drug-likeness (QED) is 0.731. The highest BCUT2D eigenvalue weighted by Gasteiger charge is 2.61. The first kappa shape index (κ1) is 22.5. The molecule has 3 atom stereocenters. The van der Waals surface area contributed by atoms with Crippen molar-refractivity contribution in [2.45, 2.75) is 11.8 Å². The number of hydrogen-bond acceptors (Lipinski definition) is 7. The van der Waals surface area contributed by atoms with Crippen molar-refractivity contribution in [3.05, 3.63) is 82.9 Å². The van der Waals surface area contributed by atoms with Gasteiger partial charge in [-0.2, -0.15) is 10.5 Å². The van der Waals surface area contributed by atoms with Crippen molar-refractivity contribution in [2.24, 2.45) is 11.3 Å². The maximum Gasteiger partial charge on any atom is 0.337 e. The molecule has 0 bridgehead atoms. The minimum Gasteiger partial charge on any atom is -0.511 e. The van der Waals surface area contributed by atoms with E-state index < -0.39 is 46.7 Å². The second-order valence-corrected chi connectivity index (χ2v) is 7.26. The fourth-order valence-electron chi connectivity index (χ4n) is 4.34. The summed E-state index contributed by atoms with van der Waals surface area (Å²) in [5.74, 6) is -7.27. The lowest BCUT2D eigenvalue weighted by atomic mass is 9.54. The van der Waals surface area contributed by atoms with Gasteiger partial charge in [-0.05, 0) is 23.3 Å². The number of halogens is 1. The summed E-state index contributed by atoms with van der Waals surface area (Å²) in [6.45, 7) is 0. The maximum absolute atomic E-state index is 13.6. The minimum atomic E-state index is -2.05. The lowest BCUT2D eigenvalue weighted by molar-refractivity contribution is -0.147. The summed E-state index contributed by atoms with van der Waals surface area (Å²) in [7, 11) is 2.17. The van der Waals surface area contributed by atoms with E-state index in [9.17, 15) is 29.6 Å². The molecule has 0 saturated heterocycles. The van der Waals surface area contributed by atoms with Gasteiger partial charge in [-0.3, -0.25) is 4.79 Å². The number of benzene rings is 2. The second kappa shape index (κ2) is 8.91. The zero-order valence-electron chi connectivity index (χ0n) is 17.3. The zero-order chi connectivity index (χ0) is 23.5. The number of aliphatic hydroxyl groups excluding tert-OH is 1. The van der Waals surface area contributed by atoms with Gasteiger partial charge in [-0.15, -0.1) is 0 Å². The lowest BCUT2D eigenvalue weighted by Crippen LogP contribution is -2.47. The second-order valence-electron chi connectivity index (χ2n) is 7.26.